The second kappa shape index (κ2) is 5.56. The Hall–Kier alpha value is -0.283. The maximum atomic E-state index is 8.59. The molecule has 0 bridgehead atoms. The van der Waals surface area contributed by atoms with Crippen molar-refractivity contribution < 1.29 is 9.53 Å². The molecule has 0 atom stereocenters. The lowest BCUT2D eigenvalue weighted by molar-refractivity contribution is 0.289. The molecule has 0 amide bonds. The molecule has 0 aromatic rings. The summed E-state index contributed by atoms with van der Waals surface area (Å²) in [6.45, 7) is 11.4. The van der Waals surface area contributed by atoms with Crippen LogP contribution < -0.4 is 0 Å². The molecule has 2 nitrogen and oxygen atoms in total. The minimum absolute atomic E-state index is 0.254. The Bertz CT molecular complexity index is 180. The van der Waals surface area contributed by atoms with Crippen LogP contribution in [0.2, 0.25) is 18.1 Å². The zero-order valence-corrected chi connectivity index (χ0v) is 11.1. The molecule has 1 N–H and O–H groups in total. The Morgan fingerprint density at radius 2 is 1.86 bits per heavy atom. The van der Waals surface area contributed by atoms with E-state index in [1.54, 1.807) is 0 Å². The van der Waals surface area contributed by atoms with Gasteiger partial charge in [0.25, 0.3) is 0 Å². The van der Waals surface area contributed by atoms with Crippen LogP contribution in [0.1, 0.15) is 33.6 Å². The van der Waals surface area contributed by atoms with E-state index in [4.69, 9.17) is 9.53 Å². The molecule has 0 unspecified atom stereocenters. The first-order valence-electron chi connectivity index (χ1n) is 5.25. The van der Waals surface area contributed by atoms with E-state index >= 15 is 0 Å². The van der Waals surface area contributed by atoms with Gasteiger partial charge in [-0.25, -0.2) is 0 Å². The molecule has 0 radical (unpaired) electrons. The maximum absolute atomic E-state index is 8.59. The van der Waals surface area contributed by atoms with Crippen molar-refractivity contribution in [3.8, 4) is 0 Å². The van der Waals surface area contributed by atoms with Crippen LogP contribution in [0.15, 0.2) is 12.3 Å². The Kier molecular flexibility index (Phi) is 5.45. The highest BCUT2D eigenvalue weighted by molar-refractivity contribution is 6.74. The molecule has 0 spiro atoms. The zero-order valence-electron chi connectivity index (χ0n) is 10.1. The summed E-state index contributed by atoms with van der Waals surface area (Å²) in [5.41, 5.74) is 0. The van der Waals surface area contributed by atoms with Gasteiger partial charge in [-0.3, -0.25) is 0 Å². The first-order valence-corrected chi connectivity index (χ1v) is 8.16. The van der Waals surface area contributed by atoms with Crippen molar-refractivity contribution >= 4 is 8.32 Å². The fourth-order valence-corrected chi connectivity index (χ4v) is 1.46. The summed E-state index contributed by atoms with van der Waals surface area (Å²) in [6.07, 6.45) is 5.52. The van der Waals surface area contributed by atoms with Gasteiger partial charge in [-0.1, -0.05) is 26.8 Å². The lowest BCUT2D eigenvalue weighted by Crippen LogP contribution is -2.39. The number of unbranched alkanes of at least 4 members (excludes halogenated alkanes) is 1. The van der Waals surface area contributed by atoms with Gasteiger partial charge in [0.15, 0.2) is 0 Å². The predicted octanol–water partition coefficient (Wildman–Crippen LogP) is 3.29. The normalized spacial score (nSPS) is 13.6. The van der Waals surface area contributed by atoms with Gasteiger partial charge in [0.2, 0.25) is 8.32 Å². The van der Waals surface area contributed by atoms with E-state index in [2.05, 4.69) is 33.9 Å². The van der Waals surface area contributed by atoms with Crippen molar-refractivity contribution in [2.75, 3.05) is 6.61 Å². The topological polar surface area (TPSA) is 29.5 Å². The van der Waals surface area contributed by atoms with E-state index in [0.29, 0.717) is 0 Å². The molecule has 0 saturated heterocycles. The van der Waals surface area contributed by atoms with Crippen LogP contribution in [-0.2, 0) is 4.43 Å². The van der Waals surface area contributed by atoms with E-state index in [0.717, 1.165) is 12.8 Å². The molecule has 0 heterocycles. The number of aliphatic hydroxyl groups is 1. The summed E-state index contributed by atoms with van der Waals surface area (Å²) in [5, 5.41) is 8.85. The number of rotatable bonds is 5. The van der Waals surface area contributed by atoms with Gasteiger partial charge in [-0.2, -0.15) is 0 Å². The largest absolute Gasteiger partial charge is 0.549 e. The molecule has 3 heteroatoms. The Morgan fingerprint density at radius 3 is 2.29 bits per heavy atom. The maximum Gasteiger partial charge on any atom is 0.249 e. The van der Waals surface area contributed by atoms with Crippen LogP contribution in [-0.4, -0.2) is 20.0 Å². The van der Waals surface area contributed by atoms with Crippen LogP contribution in [0.3, 0.4) is 0 Å². The van der Waals surface area contributed by atoms with Gasteiger partial charge in [-0.05, 0) is 31.0 Å². The van der Waals surface area contributed by atoms with Crippen LogP contribution >= 0.6 is 0 Å². The highest BCUT2D eigenvalue weighted by Gasteiger charge is 2.37. The average Bonchev–Trinajstić information content (AvgIpc) is 2.02. The molecule has 84 valence electrons. The first-order chi connectivity index (χ1) is 6.31. The van der Waals surface area contributed by atoms with Gasteiger partial charge in [0.05, 0.1) is 6.26 Å². The minimum Gasteiger partial charge on any atom is -0.549 e. The van der Waals surface area contributed by atoms with Crippen LogP contribution in [0.4, 0.5) is 0 Å². The fraction of sp³-hybridized carbons (Fsp3) is 0.818. The van der Waals surface area contributed by atoms with Crippen molar-refractivity contribution in [2.24, 2.45) is 0 Å². The second-order valence-electron chi connectivity index (χ2n) is 5.12. The van der Waals surface area contributed by atoms with Gasteiger partial charge >= 0.3 is 0 Å². The molecular weight excluding hydrogens is 192 g/mol. The van der Waals surface area contributed by atoms with Crippen molar-refractivity contribution in [1.29, 1.82) is 0 Å². The third kappa shape index (κ3) is 4.82. The van der Waals surface area contributed by atoms with Crippen molar-refractivity contribution in [3.05, 3.63) is 12.3 Å². The summed E-state index contributed by atoms with van der Waals surface area (Å²) in [7, 11) is -1.61. The second-order valence-corrected chi connectivity index (χ2v) is 9.87. The average molecular weight is 216 g/mol. The van der Waals surface area contributed by atoms with Crippen LogP contribution in [0.25, 0.3) is 0 Å². The highest BCUT2D eigenvalue weighted by Crippen LogP contribution is 2.36. The minimum atomic E-state index is -1.61. The molecule has 0 rings (SSSR count). The summed E-state index contributed by atoms with van der Waals surface area (Å²) < 4.78 is 5.82. The smallest absolute Gasteiger partial charge is 0.249 e. The lowest BCUT2D eigenvalue weighted by Gasteiger charge is -2.34. The zero-order chi connectivity index (χ0) is 11.2. The SMILES string of the molecule is CC(C)(C)[Si](C)(C)O/C=C/CCCO. The van der Waals surface area contributed by atoms with Crippen LogP contribution in [0, 0.1) is 0 Å². The first kappa shape index (κ1) is 13.7. The molecule has 0 aliphatic heterocycles. The van der Waals surface area contributed by atoms with Gasteiger partial charge in [-0.15, -0.1) is 0 Å². The summed E-state index contributed by atoms with van der Waals surface area (Å²) in [5.74, 6) is 0. The third-order valence-corrected chi connectivity index (χ3v) is 7.13. The highest BCUT2D eigenvalue weighted by atomic mass is 28.4. The van der Waals surface area contributed by atoms with Crippen LogP contribution in [0.5, 0.6) is 0 Å². The Balaban J connectivity index is 3.93. The standard InChI is InChI=1S/C11H24O2Si/c1-11(2,3)14(4,5)13-10-8-6-7-9-12/h8,10,12H,6-7,9H2,1-5H3/b10-8+. The summed E-state index contributed by atoms with van der Waals surface area (Å²) >= 11 is 0. The van der Waals surface area contributed by atoms with E-state index in [9.17, 15) is 0 Å². The molecule has 0 aromatic carbocycles. The molecule has 0 aliphatic rings. The van der Waals surface area contributed by atoms with Gasteiger partial charge in [0, 0.05) is 6.61 Å². The summed E-state index contributed by atoms with van der Waals surface area (Å²) in [6, 6.07) is 0. The predicted molar refractivity (Wildman–Crippen MR) is 63.7 cm³/mol. The van der Waals surface area contributed by atoms with Gasteiger partial charge in [0.1, 0.15) is 0 Å². The summed E-state index contributed by atoms with van der Waals surface area (Å²) in [4.78, 5) is 0. The van der Waals surface area contributed by atoms with Crippen molar-refractivity contribution in [3.63, 3.8) is 0 Å². The third-order valence-electron chi connectivity index (χ3n) is 2.79. The Morgan fingerprint density at radius 1 is 1.29 bits per heavy atom. The van der Waals surface area contributed by atoms with Crippen molar-refractivity contribution in [2.45, 2.75) is 51.7 Å². The lowest BCUT2D eigenvalue weighted by atomic mass is 10.2. The quantitative estimate of drug-likeness (QED) is 0.434. The molecule has 0 aliphatic carbocycles. The number of aliphatic hydroxyl groups excluding tert-OH is 1. The molecule has 14 heavy (non-hydrogen) atoms. The molecule has 0 aromatic heterocycles. The molecular formula is C11H24O2Si. The number of hydrogen-bond acceptors (Lipinski definition) is 2. The van der Waals surface area contributed by atoms with E-state index in [1.807, 2.05) is 12.3 Å². The number of hydrogen-bond donors (Lipinski definition) is 1. The molecule has 0 fully saturated rings. The van der Waals surface area contributed by atoms with E-state index < -0.39 is 8.32 Å². The number of allylic oxidation sites excluding steroid dienone is 1. The molecule has 0 saturated carbocycles. The van der Waals surface area contributed by atoms with Gasteiger partial charge < -0.3 is 9.53 Å². The Labute approximate surface area is 89.1 Å². The fourth-order valence-electron chi connectivity index (χ4n) is 0.672. The van der Waals surface area contributed by atoms with E-state index in [1.165, 1.54) is 0 Å². The van der Waals surface area contributed by atoms with E-state index in [-0.39, 0.29) is 11.6 Å². The monoisotopic (exact) mass is 216 g/mol. The van der Waals surface area contributed by atoms with Crippen molar-refractivity contribution in [1.82, 2.24) is 0 Å².